The molecular formula is C16H24N2O2. The van der Waals surface area contributed by atoms with Crippen molar-refractivity contribution in [3.8, 4) is 0 Å². The highest BCUT2D eigenvalue weighted by Crippen LogP contribution is 2.30. The molecular weight excluding hydrogens is 252 g/mol. The Labute approximate surface area is 120 Å². The van der Waals surface area contributed by atoms with E-state index in [1.165, 1.54) is 25.7 Å². The second-order valence-corrected chi connectivity index (χ2v) is 5.72. The number of nitrogens with one attached hydrogen (secondary N) is 1. The van der Waals surface area contributed by atoms with Crippen molar-refractivity contribution in [2.45, 2.75) is 51.0 Å². The molecule has 110 valence electrons. The van der Waals surface area contributed by atoms with Crippen molar-refractivity contribution in [1.82, 2.24) is 5.32 Å². The molecule has 0 saturated heterocycles. The van der Waals surface area contributed by atoms with E-state index in [2.05, 4.69) is 5.32 Å². The lowest BCUT2D eigenvalue weighted by atomic mass is 9.92. The largest absolute Gasteiger partial charge is 0.317 e. The maximum absolute atomic E-state index is 11.0. The van der Waals surface area contributed by atoms with Crippen LogP contribution in [0.25, 0.3) is 0 Å². The summed E-state index contributed by atoms with van der Waals surface area (Å²) in [5, 5.41) is 14.4. The molecule has 1 aliphatic carbocycles. The van der Waals surface area contributed by atoms with Crippen LogP contribution in [0.1, 0.15) is 44.1 Å². The van der Waals surface area contributed by atoms with Gasteiger partial charge in [-0.2, -0.15) is 0 Å². The zero-order valence-corrected chi connectivity index (χ0v) is 12.2. The lowest BCUT2D eigenvalue weighted by molar-refractivity contribution is -0.385. The highest BCUT2D eigenvalue weighted by Gasteiger charge is 2.23. The number of benzene rings is 1. The number of hydrogen-bond donors (Lipinski definition) is 1. The van der Waals surface area contributed by atoms with Gasteiger partial charge in [-0.25, -0.2) is 0 Å². The highest BCUT2D eigenvalue weighted by molar-refractivity contribution is 5.39. The van der Waals surface area contributed by atoms with Gasteiger partial charge < -0.3 is 5.32 Å². The zero-order valence-electron chi connectivity index (χ0n) is 12.2. The third kappa shape index (κ3) is 3.79. The minimum atomic E-state index is -0.276. The Morgan fingerprint density at radius 1 is 1.35 bits per heavy atom. The minimum absolute atomic E-state index is 0.259. The van der Waals surface area contributed by atoms with Crippen molar-refractivity contribution in [3.63, 3.8) is 0 Å². The first-order valence-electron chi connectivity index (χ1n) is 7.62. The molecule has 1 saturated carbocycles. The molecule has 1 aromatic carbocycles. The molecule has 0 radical (unpaired) electrons. The summed E-state index contributed by atoms with van der Waals surface area (Å²) in [6.07, 6.45) is 8.27. The molecule has 20 heavy (non-hydrogen) atoms. The van der Waals surface area contributed by atoms with Gasteiger partial charge in [0.25, 0.3) is 5.69 Å². The summed E-state index contributed by atoms with van der Waals surface area (Å²) in [7, 11) is 2.04. The molecule has 4 nitrogen and oxygen atoms in total. The highest BCUT2D eigenvalue weighted by atomic mass is 16.6. The van der Waals surface area contributed by atoms with E-state index < -0.39 is 0 Å². The van der Waals surface area contributed by atoms with Gasteiger partial charge in [0.1, 0.15) is 0 Å². The number of nitrogens with zero attached hydrogens (tertiary/aromatic N) is 1. The first kappa shape index (κ1) is 15.0. The summed E-state index contributed by atoms with van der Waals surface area (Å²) in [4.78, 5) is 10.7. The van der Waals surface area contributed by atoms with Crippen molar-refractivity contribution in [2.75, 3.05) is 7.05 Å². The van der Waals surface area contributed by atoms with E-state index in [0.717, 1.165) is 30.7 Å². The van der Waals surface area contributed by atoms with Gasteiger partial charge in [-0.15, -0.1) is 0 Å². The topological polar surface area (TPSA) is 55.2 Å². The van der Waals surface area contributed by atoms with Crippen molar-refractivity contribution < 1.29 is 4.92 Å². The Morgan fingerprint density at radius 2 is 2.05 bits per heavy atom. The van der Waals surface area contributed by atoms with E-state index in [-0.39, 0.29) is 10.6 Å². The van der Waals surface area contributed by atoms with Crippen LogP contribution < -0.4 is 5.32 Å². The van der Waals surface area contributed by atoms with Gasteiger partial charge in [0, 0.05) is 17.7 Å². The summed E-state index contributed by atoms with van der Waals surface area (Å²) < 4.78 is 0. The molecule has 0 aliphatic heterocycles. The average Bonchev–Trinajstić information content (AvgIpc) is 2.98. The first-order valence-corrected chi connectivity index (χ1v) is 7.62. The third-order valence-corrected chi connectivity index (χ3v) is 4.49. The lowest BCUT2D eigenvalue weighted by Gasteiger charge is -2.22. The molecule has 1 aliphatic rings. The second-order valence-electron chi connectivity index (χ2n) is 5.72. The van der Waals surface area contributed by atoms with E-state index in [1.807, 2.05) is 19.2 Å². The number of nitro benzene ring substituents is 1. The molecule has 0 amide bonds. The predicted molar refractivity (Wildman–Crippen MR) is 80.8 cm³/mol. The Balaban J connectivity index is 1.87. The maximum atomic E-state index is 11.0. The smallest absolute Gasteiger partial charge is 0.272 e. The Kier molecular flexibility index (Phi) is 5.53. The Hall–Kier alpha value is -1.42. The Morgan fingerprint density at radius 3 is 2.70 bits per heavy atom. The third-order valence-electron chi connectivity index (χ3n) is 4.49. The van der Waals surface area contributed by atoms with E-state index in [4.69, 9.17) is 0 Å². The van der Waals surface area contributed by atoms with Gasteiger partial charge in [0.05, 0.1) is 4.92 Å². The van der Waals surface area contributed by atoms with Crippen LogP contribution in [0.3, 0.4) is 0 Å². The number of para-hydroxylation sites is 1. The van der Waals surface area contributed by atoms with Crippen LogP contribution in [0.5, 0.6) is 0 Å². The standard InChI is InChI=1S/C16H24N2O2/c1-17-15(13-7-2-3-8-13)11-6-10-14-9-4-5-12-16(14)18(19)20/h4-5,9,12-13,15,17H,2-3,6-8,10-11H2,1H3. The monoisotopic (exact) mass is 276 g/mol. The lowest BCUT2D eigenvalue weighted by Crippen LogP contribution is -2.32. The fourth-order valence-electron chi connectivity index (χ4n) is 3.39. The molecule has 4 heteroatoms. The molecule has 1 fully saturated rings. The van der Waals surface area contributed by atoms with Gasteiger partial charge in [-0.05, 0) is 45.1 Å². The second kappa shape index (κ2) is 7.39. The summed E-state index contributed by atoms with van der Waals surface area (Å²) >= 11 is 0. The fourth-order valence-corrected chi connectivity index (χ4v) is 3.39. The molecule has 1 atom stereocenters. The molecule has 1 aromatic rings. The zero-order chi connectivity index (χ0) is 14.4. The summed E-state index contributed by atoms with van der Waals surface area (Å²) in [6.45, 7) is 0. The number of aryl methyl sites for hydroxylation is 1. The van der Waals surface area contributed by atoms with Crippen LogP contribution in [-0.4, -0.2) is 18.0 Å². The van der Waals surface area contributed by atoms with Crippen molar-refractivity contribution in [3.05, 3.63) is 39.9 Å². The van der Waals surface area contributed by atoms with Crippen LogP contribution in [0.4, 0.5) is 5.69 Å². The van der Waals surface area contributed by atoms with Gasteiger partial charge in [-0.3, -0.25) is 10.1 Å². The predicted octanol–water partition coefficient (Wildman–Crippen LogP) is 3.70. The maximum Gasteiger partial charge on any atom is 0.272 e. The van der Waals surface area contributed by atoms with E-state index in [0.29, 0.717) is 6.04 Å². The number of nitro groups is 1. The molecule has 0 heterocycles. The van der Waals surface area contributed by atoms with Gasteiger partial charge in [-0.1, -0.05) is 31.0 Å². The normalized spacial score (nSPS) is 17.2. The summed E-state index contributed by atoms with van der Waals surface area (Å²) in [6, 6.07) is 7.66. The summed E-state index contributed by atoms with van der Waals surface area (Å²) in [5.74, 6) is 0.797. The first-order chi connectivity index (χ1) is 9.72. The van der Waals surface area contributed by atoms with E-state index >= 15 is 0 Å². The van der Waals surface area contributed by atoms with Crippen LogP contribution in [0.15, 0.2) is 24.3 Å². The quantitative estimate of drug-likeness (QED) is 0.610. The summed E-state index contributed by atoms with van der Waals surface area (Å²) in [5.41, 5.74) is 1.12. The van der Waals surface area contributed by atoms with Crippen molar-refractivity contribution in [2.24, 2.45) is 5.92 Å². The van der Waals surface area contributed by atoms with Gasteiger partial charge in [0.2, 0.25) is 0 Å². The Bertz CT molecular complexity index is 442. The molecule has 1 unspecified atom stereocenters. The van der Waals surface area contributed by atoms with Crippen molar-refractivity contribution in [1.29, 1.82) is 0 Å². The van der Waals surface area contributed by atoms with Gasteiger partial charge >= 0.3 is 0 Å². The molecule has 0 spiro atoms. The van der Waals surface area contributed by atoms with Crippen LogP contribution in [0.2, 0.25) is 0 Å². The van der Waals surface area contributed by atoms with Crippen LogP contribution in [-0.2, 0) is 6.42 Å². The molecule has 2 rings (SSSR count). The SMILES string of the molecule is CNC(CCCc1ccccc1[N+](=O)[O-])C1CCCC1. The average molecular weight is 276 g/mol. The molecule has 0 aromatic heterocycles. The van der Waals surface area contributed by atoms with Crippen molar-refractivity contribution >= 4 is 5.69 Å². The van der Waals surface area contributed by atoms with Gasteiger partial charge in [0.15, 0.2) is 0 Å². The van der Waals surface area contributed by atoms with Crippen LogP contribution >= 0.6 is 0 Å². The molecule has 0 bridgehead atoms. The number of hydrogen-bond acceptors (Lipinski definition) is 3. The fraction of sp³-hybridized carbons (Fsp3) is 0.625. The van der Waals surface area contributed by atoms with E-state index in [1.54, 1.807) is 12.1 Å². The van der Waals surface area contributed by atoms with E-state index in [9.17, 15) is 10.1 Å². The van der Waals surface area contributed by atoms with Crippen LogP contribution in [0, 0.1) is 16.0 Å². The molecule has 1 N–H and O–H groups in total. The minimum Gasteiger partial charge on any atom is -0.317 e. The number of rotatable bonds is 7.